The van der Waals surface area contributed by atoms with Gasteiger partial charge in [-0.15, -0.1) is 0 Å². The third-order valence-corrected chi connectivity index (χ3v) is 3.41. The Labute approximate surface area is 114 Å². The number of nitrogens with zero attached hydrogens (tertiary/aromatic N) is 1. The molecule has 19 heavy (non-hydrogen) atoms. The smallest absolute Gasteiger partial charge is 0.254 e. The topological polar surface area (TPSA) is 48.0 Å². The standard InChI is InChI=1S/C16H22N2O/c1-10-6-11(2)13-8-12(9-16(3,4)17)15(19)18(5)14(13)7-10/h6-8H,9,17H2,1-5H3. The fraction of sp³-hybridized carbons (Fsp3) is 0.438. The molecular weight excluding hydrogens is 236 g/mol. The average molecular weight is 258 g/mol. The van der Waals surface area contributed by atoms with Crippen molar-refractivity contribution in [1.82, 2.24) is 4.57 Å². The zero-order valence-electron chi connectivity index (χ0n) is 12.4. The highest BCUT2D eigenvalue weighted by molar-refractivity contribution is 5.83. The Bertz CT molecular complexity index is 690. The average Bonchev–Trinajstić information content (AvgIpc) is 2.25. The number of fused-ring (bicyclic) bond motifs is 1. The van der Waals surface area contributed by atoms with Crippen LogP contribution in [0.5, 0.6) is 0 Å². The van der Waals surface area contributed by atoms with Crippen molar-refractivity contribution in [3.63, 3.8) is 0 Å². The summed E-state index contributed by atoms with van der Waals surface area (Å²) in [5.74, 6) is 0. The molecule has 0 unspecified atom stereocenters. The lowest BCUT2D eigenvalue weighted by Gasteiger charge is -2.19. The van der Waals surface area contributed by atoms with Gasteiger partial charge in [0.1, 0.15) is 0 Å². The van der Waals surface area contributed by atoms with Crippen LogP contribution in [0.1, 0.15) is 30.5 Å². The maximum absolute atomic E-state index is 12.4. The van der Waals surface area contributed by atoms with Gasteiger partial charge < -0.3 is 10.3 Å². The van der Waals surface area contributed by atoms with Crippen molar-refractivity contribution in [3.8, 4) is 0 Å². The molecule has 0 saturated carbocycles. The van der Waals surface area contributed by atoms with E-state index in [-0.39, 0.29) is 11.1 Å². The number of pyridine rings is 1. The first-order valence-electron chi connectivity index (χ1n) is 6.58. The number of nitrogens with two attached hydrogens (primary N) is 1. The lowest BCUT2D eigenvalue weighted by Crippen LogP contribution is -2.37. The van der Waals surface area contributed by atoms with Crippen LogP contribution in [0.4, 0.5) is 0 Å². The predicted octanol–water partition coefficient (Wildman–Crippen LogP) is 2.44. The number of hydrogen-bond donors (Lipinski definition) is 1. The highest BCUT2D eigenvalue weighted by atomic mass is 16.1. The van der Waals surface area contributed by atoms with Gasteiger partial charge in [-0.3, -0.25) is 4.79 Å². The summed E-state index contributed by atoms with van der Waals surface area (Å²) < 4.78 is 1.73. The Morgan fingerprint density at radius 3 is 2.42 bits per heavy atom. The van der Waals surface area contributed by atoms with Crippen molar-refractivity contribution < 1.29 is 0 Å². The van der Waals surface area contributed by atoms with E-state index in [0.29, 0.717) is 6.42 Å². The van der Waals surface area contributed by atoms with Gasteiger partial charge in [-0.25, -0.2) is 0 Å². The second-order valence-corrected chi connectivity index (χ2v) is 6.21. The van der Waals surface area contributed by atoms with Crippen molar-refractivity contribution in [2.75, 3.05) is 0 Å². The third-order valence-electron chi connectivity index (χ3n) is 3.41. The molecule has 1 heterocycles. The normalized spacial score (nSPS) is 12.1. The van der Waals surface area contributed by atoms with E-state index in [1.807, 2.05) is 33.9 Å². The number of rotatable bonds is 2. The fourth-order valence-electron chi connectivity index (χ4n) is 2.60. The van der Waals surface area contributed by atoms with Gasteiger partial charge in [0.05, 0.1) is 5.52 Å². The minimum absolute atomic E-state index is 0.0519. The van der Waals surface area contributed by atoms with Crippen molar-refractivity contribution in [3.05, 3.63) is 45.2 Å². The summed E-state index contributed by atoms with van der Waals surface area (Å²) in [7, 11) is 1.83. The summed E-state index contributed by atoms with van der Waals surface area (Å²) >= 11 is 0. The van der Waals surface area contributed by atoms with Crippen molar-refractivity contribution in [2.45, 2.75) is 39.7 Å². The molecule has 0 atom stereocenters. The summed E-state index contributed by atoms with van der Waals surface area (Å²) in [5, 5.41) is 1.13. The van der Waals surface area contributed by atoms with Crippen LogP contribution in [0.15, 0.2) is 23.0 Å². The van der Waals surface area contributed by atoms with E-state index in [4.69, 9.17) is 5.73 Å². The maximum atomic E-state index is 12.4. The number of aromatic nitrogens is 1. The minimum Gasteiger partial charge on any atom is -0.325 e. The maximum Gasteiger partial charge on any atom is 0.254 e. The van der Waals surface area contributed by atoms with Crippen LogP contribution in [0, 0.1) is 13.8 Å². The molecule has 0 radical (unpaired) electrons. The highest BCUT2D eigenvalue weighted by Gasteiger charge is 2.16. The van der Waals surface area contributed by atoms with E-state index in [9.17, 15) is 4.79 Å². The zero-order chi connectivity index (χ0) is 14.4. The Hall–Kier alpha value is -1.61. The molecule has 2 aromatic rings. The third kappa shape index (κ3) is 2.71. The van der Waals surface area contributed by atoms with Crippen LogP contribution in [0.3, 0.4) is 0 Å². The first-order valence-corrected chi connectivity index (χ1v) is 6.58. The van der Waals surface area contributed by atoms with Crippen LogP contribution in [0.25, 0.3) is 10.9 Å². The van der Waals surface area contributed by atoms with Gasteiger partial charge in [0.15, 0.2) is 0 Å². The molecule has 1 aromatic carbocycles. The van der Waals surface area contributed by atoms with Gasteiger partial charge in [-0.2, -0.15) is 0 Å². The first kappa shape index (κ1) is 13.8. The molecule has 0 aliphatic carbocycles. The molecule has 0 saturated heterocycles. The molecule has 2 rings (SSSR count). The molecular formula is C16H22N2O. The molecule has 0 aliphatic rings. The molecule has 3 heteroatoms. The van der Waals surface area contributed by atoms with E-state index in [1.54, 1.807) is 4.57 Å². The summed E-state index contributed by atoms with van der Waals surface area (Å²) in [6, 6.07) is 6.20. The van der Waals surface area contributed by atoms with E-state index in [1.165, 1.54) is 11.1 Å². The largest absolute Gasteiger partial charge is 0.325 e. The molecule has 0 aliphatic heterocycles. The van der Waals surface area contributed by atoms with E-state index in [0.717, 1.165) is 16.5 Å². The zero-order valence-corrected chi connectivity index (χ0v) is 12.4. The molecule has 0 spiro atoms. The van der Waals surface area contributed by atoms with Crippen LogP contribution >= 0.6 is 0 Å². The molecule has 2 N–H and O–H groups in total. The monoisotopic (exact) mass is 258 g/mol. The summed E-state index contributed by atoms with van der Waals surface area (Å²) in [4.78, 5) is 12.4. The molecule has 102 valence electrons. The minimum atomic E-state index is -0.377. The summed E-state index contributed by atoms with van der Waals surface area (Å²) in [6.07, 6.45) is 0.586. The van der Waals surface area contributed by atoms with Crippen molar-refractivity contribution >= 4 is 10.9 Å². The van der Waals surface area contributed by atoms with Gasteiger partial charge in [0, 0.05) is 23.5 Å². The van der Waals surface area contributed by atoms with Gasteiger partial charge in [0.25, 0.3) is 5.56 Å². The Morgan fingerprint density at radius 2 is 1.84 bits per heavy atom. The highest BCUT2D eigenvalue weighted by Crippen LogP contribution is 2.21. The van der Waals surface area contributed by atoms with Gasteiger partial charge in [-0.05, 0) is 57.4 Å². The molecule has 0 amide bonds. The van der Waals surface area contributed by atoms with E-state index >= 15 is 0 Å². The molecule has 0 fully saturated rings. The second-order valence-electron chi connectivity index (χ2n) is 6.21. The Balaban J connectivity index is 2.77. The Kier molecular flexibility index (Phi) is 3.27. The van der Waals surface area contributed by atoms with Crippen LogP contribution in [-0.4, -0.2) is 10.1 Å². The first-order chi connectivity index (χ1) is 8.69. The van der Waals surface area contributed by atoms with Gasteiger partial charge in [0.2, 0.25) is 0 Å². The van der Waals surface area contributed by atoms with Gasteiger partial charge >= 0.3 is 0 Å². The van der Waals surface area contributed by atoms with Crippen molar-refractivity contribution in [1.29, 1.82) is 0 Å². The van der Waals surface area contributed by atoms with Gasteiger partial charge in [-0.1, -0.05) is 6.07 Å². The lowest BCUT2D eigenvalue weighted by atomic mass is 9.95. The SMILES string of the molecule is Cc1cc(C)c2cc(CC(C)(C)N)c(=O)n(C)c2c1. The van der Waals surface area contributed by atoms with Crippen LogP contribution in [0.2, 0.25) is 0 Å². The molecule has 3 nitrogen and oxygen atoms in total. The lowest BCUT2D eigenvalue weighted by molar-refractivity contribution is 0.513. The number of benzene rings is 1. The van der Waals surface area contributed by atoms with E-state index < -0.39 is 0 Å². The number of aryl methyl sites for hydroxylation is 3. The Morgan fingerprint density at radius 1 is 1.21 bits per heavy atom. The predicted molar refractivity (Wildman–Crippen MR) is 80.6 cm³/mol. The fourth-order valence-corrected chi connectivity index (χ4v) is 2.60. The number of hydrogen-bond acceptors (Lipinski definition) is 2. The molecule has 0 bridgehead atoms. The molecule has 1 aromatic heterocycles. The van der Waals surface area contributed by atoms with E-state index in [2.05, 4.69) is 19.1 Å². The quantitative estimate of drug-likeness (QED) is 0.899. The van der Waals surface area contributed by atoms with Crippen LogP contribution < -0.4 is 11.3 Å². The summed E-state index contributed by atoms with van der Waals surface area (Å²) in [5.41, 5.74) is 9.86. The summed E-state index contributed by atoms with van der Waals surface area (Å²) in [6.45, 7) is 8.02. The van der Waals surface area contributed by atoms with Crippen LogP contribution in [-0.2, 0) is 13.5 Å². The second kappa shape index (κ2) is 4.49. The van der Waals surface area contributed by atoms with Crippen molar-refractivity contribution in [2.24, 2.45) is 12.8 Å².